The maximum absolute atomic E-state index is 12.3. The van der Waals surface area contributed by atoms with Gasteiger partial charge in [0, 0.05) is 6.54 Å². The van der Waals surface area contributed by atoms with Gasteiger partial charge in [0.15, 0.2) is 0 Å². The van der Waals surface area contributed by atoms with E-state index >= 15 is 0 Å². The van der Waals surface area contributed by atoms with Crippen LogP contribution in [0.25, 0.3) is 0 Å². The number of ether oxygens (including phenoxy) is 1. The molecule has 0 aromatic heterocycles. The minimum atomic E-state index is -0.444. The van der Waals surface area contributed by atoms with Crippen molar-refractivity contribution in [3.8, 4) is 0 Å². The number of nitrogens with one attached hydrogen (secondary N) is 1. The molecule has 2 unspecified atom stereocenters. The smallest absolute Gasteiger partial charge is 0.245 e. The summed E-state index contributed by atoms with van der Waals surface area (Å²) in [6, 6.07) is -0.817. The fourth-order valence-electron chi connectivity index (χ4n) is 2.31. The van der Waals surface area contributed by atoms with E-state index in [1.807, 2.05) is 20.8 Å². The third kappa shape index (κ3) is 4.78. The van der Waals surface area contributed by atoms with Gasteiger partial charge in [-0.05, 0) is 40.0 Å². The molecule has 20 heavy (non-hydrogen) atoms. The summed E-state index contributed by atoms with van der Waals surface area (Å²) in [6.07, 6.45) is 0.680. The third-order valence-corrected chi connectivity index (χ3v) is 3.25. The number of carbonyl (C=O) groups excluding carboxylic acids is 2. The van der Waals surface area contributed by atoms with Gasteiger partial charge in [-0.25, -0.2) is 0 Å². The van der Waals surface area contributed by atoms with Crippen molar-refractivity contribution in [2.24, 2.45) is 5.92 Å². The van der Waals surface area contributed by atoms with Gasteiger partial charge in [-0.2, -0.15) is 0 Å². The molecule has 0 aliphatic carbocycles. The Labute approximate surface area is 122 Å². The van der Waals surface area contributed by atoms with Crippen LogP contribution in [-0.4, -0.2) is 47.6 Å². The Morgan fingerprint density at radius 3 is 2.40 bits per heavy atom. The molecule has 0 radical (unpaired) electrons. The normalized spacial score (nSPS) is 24.2. The highest BCUT2D eigenvalue weighted by Gasteiger charge is 2.38. The van der Waals surface area contributed by atoms with Crippen molar-refractivity contribution in [3.63, 3.8) is 0 Å². The van der Waals surface area contributed by atoms with E-state index in [0.29, 0.717) is 25.5 Å². The molecule has 1 aliphatic rings. The lowest BCUT2D eigenvalue weighted by atomic mass is 9.98. The molecule has 0 saturated carbocycles. The molecule has 0 bridgehead atoms. The highest BCUT2D eigenvalue weighted by Crippen LogP contribution is 2.18. The summed E-state index contributed by atoms with van der Waals surface area (Å²) in [5.41, 5.74) is -0.236. The lowest BCUT2D eigenvalue weighted by Gasteiger charge is -2.39. The van der Waals surface area contributed by atoms with Crippen LogP contribution in [0.2, 0.25) is 0 Å². The van der Waals surface area contributed by atoms with E-state index in [1.54, 1.807) is 11.8 Å². The molecule has 2 atom stereocenters. The molecular weight excluding hydrogens is 256 g/mol. The van der Waals surface area contributed by atoms with Crippen LogP contribution >= 0.6 is 0 Å². The van der Waals surface area contributed by atoms with E-state index in [1.165, 1.54) is 0 Å². The molecule has 0 spiro atoms. The first-order chi connectivity index (χ1) is 9.11. The highest BCUT2D eigenvalue weighted by molar-refractivity contribution is 5.96. The van der Waals surface area contributed by atoms with E-state index in [-0.39, 0.29) is 23.5 Å². The summed E-state index contributed by atoms with van der Waals surface area (Å²) in [5.74, 6) is 0.285. The second-order valence-corrected chi connectivity index (χ2v) is 6.87. The number of amides is 2. The molecule has 1 heterocycles. The van der Waals surface area contributed by atoms with Crippen molar-refractivity contribution in [1.29, 1.82) is 0 Å². The molecule has 1 saturated heterocycles. The van der Waals surface area contributed by atoms with Crippen molar-refractivity contribution in [2.75, 3.05) is 13.2 Å². The Balaban J connectivity index is 2.72. The zero-order chi connectivity index (χ0) is 15.5. The predicted molar refractivity (Wildman–Crippen MR) is 78.3 cm³/mol. The number of rotatable bonds is 5. The van der Waals surface area contributed by atoms with Gasteiger partial charge in [0.1, 0.15) is 12.1 Å². The Morgan fingerprint density at radius 1 is 1.30 bits per heavy atom. The molecule has 2 amide bonds. The number of piperazine rings is 1. The zero-order valence-electron chi connectivity index (χ0n) is 13.5. The summed E-state index contributed by atoms with van der Waals surface area (Å²) in [5, 5.41) is 2.75. The van der Waals surface area contributed by atoms with Crippen molar-refractivity contribution < 1.29 is 14.3 Å². The predicted octanol–water partition coefficient (Wildman–Crippen LogP) is 1.56. The maximum atomic E-state index is 12.3. The standard InChI is InChI=1S/C15H28N2O3/c1-10(2)9-12-13(18)16-11(3)14(19)17(12)7-8-20-15(4,5)6/h10-12H,7-9H2,1-6H3,(H,16,18). The molecule has 1 aliphatic heterocycles. The number of carbonyl (C=O) groups is 2. The van der Waals surface area contributed by atoms with Gasteiger partial charge in [0.2, 0.25) is 11.8 Å². The average Bonchev–Trinajstić information content (AvgIpc) is 2.28. The lowest BCUT2D eigenvalue weighted by molar-refractivity contribution is -0.151. The largest absolute Gasteiger partial charge is 0.374 e. The molecule has 5 heteroatoms. The summed E-state index contributed by atoms with van der Waals surface area (Å²) >= 11 is 0. The zero-order valence-corrected chi connectivity index (χ0v) is 13.5. The number of hydrogen-bond donors (Lipinski definition) is 1. The van der Waals surface area contributed by atoms with Crippen LogP contribution in [0, 0.1) is 5.92 Å². The van der Waals surface area contributed by atoms with Gasteiger partial charge < -0.3 is 15.0 Å². The quantitative estimate of drug-likeness (QED) is 0.833. The van der Waals surface area contributed by atoms with Crippen molar-refractivity contribution in [1.82, 2.24) is 10.2 Å². The first-order valence-corrected chi connectivity index (χ1v) is 7.36. The van der Waals surface area contributed by atoms with Gasteiger partial charge >= 0.3 is 0 Å². The van der Waals surface area contributed by atoms with Crippen LogP contribution in [0.1, 0.15) is 48.0 Å². The Hall–Kier alpha value is -1.10. The van der Waals surface area contributed by atoms with Crippen LogP contribution in [0.15, 0.2) is 0 Å². The summed E-state index contributed by atoms with van der Waals surface area (Å²) in [7, 11) is 0. The molecule has 1 N–H and O–H groups in total. The molecule has 0 aromatic rings. The first kappa shape index (κ1) is 17.0. The van der Waals surface area contributed by atoms with Gasteiger partial charge in [0.25, 0.3) is 0 Å². The average molecular weight is 284 g/mol. The van der Waals surface area contributed by atoms with E-state index in [9.17, 15) is 9.59 Å². The van der Waals surface area contributed by atoms with Gasteiger partial charge in [-0.15, -0.1) is 0 Å². The summed E-state index contributed by atoms with van der Waals surface area (Å²) in [4.78, 5) is 26.1. The van der Waals surface area contributed by atoms with Crippen LogP contribution in [0.5, 0.6) is 0 Å². The Bertz CT molecular complexity index is 361. The molecular formula is C15H28N2O3. The van der Waals surface area contributed by atoms with E-state index in [0.717, 1.165) is 0 Å². The summed E-state index contributed by atoms with van der Waals surface area (Å²) in [6.45, 7) is 12.7. The maximum Gasteiger partial charge on any atom is 0.245 e. The molecule has 1 rings (SSSR count). The molecule has 0 aromatic carbocycles. The van der Waals surface area contributed by atoms with E-state index in [4.69, 9.17) is 4.74 Å². The second kappa shape index (κ2) is 6.57. The minimum absolute atomic E-state index is 0.0206. The SMILES string of the molecule is CC(C)CC1C(=O)NC(C)C(=O)N1CCOC(C)(C)C. The van der Waals surface area contributed by atoms with Crippen LogP contribution < -0.4 is 5.32 Å². The second-order valence-electron chi connectivity index (χ2n) is 6.87. The Kier molecular flexibility index (Phi) is 5.57. The van der Waals surface area contributed by atoms with Crippen LogP contribution in [0.4, 0.5) is 0 Å². The van der Waals surface area contributed by atoms with Crippen LogP contribution in [-0.2, 0) is 14.3 Å². The summed E-state index contributed by atoms with van der Waals surface area (Å²) < 4.78 is 5.68. The first-order valence-electron chi connectivity index (χ1n) is 7.36. The van der Waals surface area contributed by atoms with E-state index in [2.05, 4.69) is 19.2 Å². The topological polar surface area (TPSA) is 58.6 Å². The monoisotopic (exact) mass is 284 g/mol. The Morgan fingerprint density at radius 2 is 1.90 bits per heavy atom. The fraction of sp³-hybridized carbons (Fsp3) is 0.867. The number of hydrogen-bond acceptors (Lipinski definition) is 3. The van der Waals surface area contributed by atoms with Gasteiger partial charge in [-0.1, -0.05) is 13.8 Å². The molecule has 5 nitrogen and oxygen atoms in total. The van der Waals surface area contributed by atoms with Crippen molar-refractivity contribution in [3.05, 3.63) is 0 Å². The number of nitrogens with zero attached hydrogens (tertiary/aromatic N) is 1. The highest BCUT2D eigenvalue weighted by atomic mass is 16.5. The van der Waals surface area contributed by atoms with E-state index < -0.39 is 6.04 Å². The fourth-order valence-corrected chi connectivity index (χ4v) is 2.31. The minimum Gasteiger partial charge on any atom is -0.374 e. The van der Waals surface area contributed by atoms with Crippen molar-refractivity contribution in [2.45, 2.75) is 65.6 Å². The van der Waals surface area contributed by atoms with Crippen LogP contribution in [0.3, 0.4) is 0 Å². The molecule has 1 fully saturated rings. The molecule has 116 valence electrons. The lowest BCUT2D eigenvalue weighted by Crippen LogP contribution is -2.63. The van der Waals surface area contributed by atoms with Gasteiger partial charge in [0.05, 0.1) is 12.2 Å². The third-order valence-electron chi connectivity index (χ3n) is 3.25. The van der Waals surface area contributed by atoms with Gasteiger partial charge in [-0.3, -0.25) is 9.59 Å². The van der Waals surface area contributed by atoms with Crippen molar-refractivity contribution >= 4 is 11.8 Å².